The van der Waals surface area contributed by atoms with Gasteiger partial charge in [-0.25, -0.2) is 0 Å². The molecule has 0 amide bonds. The molecule has 6 N–H and O–H groups in total. The Labute approximate surface area is 118 Å². The predicted molar refractivity (Wildman–Crippen MR) is 72.4 cm³/mol. The van der Waals surface area contributed by atoms with Crippen molar-refractivity contribution in [3.05, 3.63) is 22.6 Å². The number of H-pyrrole nitrogens is 1. The first kappa shape index (κ1) is 14.0. The second-order valence-electron chi connectivity index (χ2n) is 5.29. The quantitative estimate of drug-likeness (QED) is 0.444. The molecule has 1 fully saturated rings. The first-order valence-corrected chi connectivity index (χ1v) is 6.39. The lowest BCUT2D eigenvalue weighted by Gasteiger charge is -2.27. The van der Waals surface area contributed by atoms with Gasteiger partial charge in [0.1, 0.15) is 17.8 Å². The van der Waals surface area contributed by atoms with E-state index in [1.54, 1.807) is 0 Å². The predicted octanol–water partition coefficient (Wildman–Crippen LogP) is -1.69. The van der Waals surface area contributed by atoms with Crippen LogP contribution >= 0.6 is 0 Å². The smallest absolute Gasteiger partial charge is 0.261 e. The van der Waals surface area contributed by atoms with Crippen LogP contribution in [-0.4, -0.2) is 54.3 Å². The minimum absolute atomic E-state index is 0.0654. The number of ether oxygens (including phenoxy) is 1. The number of hydrogen-bond donors (Lipinski definition) is 5. The van der Waals surface area contributed by atoms with Crippen LogP contribution in [0.25, 0.3) is 11.0 Å². The van der Waals surface area contributed by atoms with Gasteiger partial charge in [0.05, 0.1) is 12.0 Å². The maximum absolute atomic E-state index is 11.8. The molecule has 2 aromatic rings. The number of fused-ring (bicyclic) bond motifs is 1. The molecule has 9 heteroatoms. The van der Waals surface area contributed by atoms with Crippen molar-refractivity contribution in [3.63, 3.8) is 0 Å². The Bertz CT molecular complexity index is 737. The van der Waals surface area contributed by atoms with Crippen molar-refractivity contribution in [2.75, 3.05) is 12.3 Å². The highest BCUT2D eigenvalue weighted by Crippen LogP contribution is 2.39. The number of aliphatic hydroxyl groups excluding tert-OH is 2. The number of nitrogens with one attached hydrogen (secondary N) is 1. The summed E-state index contributed by atoms with van der Waals surface area (Å²) in [5.41, 5.74) is 3.69. The molecule has 4 atom stereocenters. The van der Waals surface area contributed by atoms with E-state index >= 15 is 0 Å². The van der Waals surface area contributed by atoms with E-state index in [0.29, 0.717) is 0 Å². The average Bonchev–Trinajstić information content (AvgIpc) is 2.91. The molecule has 1 aliphatic rings. The Morgan fingerprint density at radius 3 is 2.95 bits per heavy atom. The summed E-state index contributed by atoms with van der Waals surface area (Å²) in [5.74, 6) is -0.0654. The number of aromatic nitrogens is 3. The van der Waals surface area contributed by atoms with E-state index in [1.165, 1.54) is 23.8 Å². The van der Waals surface area contributed by atoms with Crippen molar-refractivity contribution in [2.24, 2.45) is 0 Å². The van der Waals surface area contributed by atoms with E-state index in [2.05, 4.69) is 9.97 Å². The zero-order valence-corrected chi connectivity index (χ0v) is 11.2. The molecule has 3 rings (SSSR count). The van der Waals surface area contributed by atoms with Crippen LogP contribution in [0.1, 0.15) is 13.2 Å². The summed E-state index contributed by atoms with van der Waals surface area (Å²) in [6, 6.07) is 1.51. The van der Waals surface area contributed by atoms with Crippen LogP contribution in [0, 0.1) is 0 Å². The summed E-state index contributed by atoms with van der Waals surface area (Å²) in [5, 5.41) is 29.9. The van der Waals surface area contributed by atoms with Crippen LogP contribution in [-0.2, 0) is 4.74 Å². The summed E-state index contributed by atoms with van der Waals surface area (Å²) < 4.78 is 6.91. The van der Waals surface area contributed by atoms with Crippen LogP contribution < -0.4 is 11.3 Å². The molecule has 1 saturated heterocycles. The van der Waals surface area contributed by atoms with Gasteiger partial charge >= 0.3 is 0 Å². The van der Waals surface area contributed by atoms with Crippen LogP contribution in [0.4, 0.5) is 5.95 Å². The maximum atomic E-state index is 11.8. The second-order valence-corrected chi connectivity index (χ2v) is 5.29. The van der Waals surface area contributed by atoms with Crippen molar-refractivity contribution in [3.8, 4) is 0 Å². The van der Waals surface area contributed by atoms with Crippen LogP contribution in [0.15, 0.2) is 17.1 Å². The number of hydrogen-bond acceptors (Lipinski definition) is 7. The van der Waals surface area contributed by atoms with Gasteiger partial charge < -0.3 is 30.4 Å². The van der Waals surface area contributed by atoms with E-state index < -0.39 is 36.2 Å². The number of nitrogen functional groups attached to an aromatic ring is 1. The molecular weight excluding hydrogens is 280 g/mol. The highest BCUT2D eigenvalue weighted by molar-refractivity contribution is 5.76. The summed E-state index contributed by atoms with van der Waals surface area (Å²) in [6.07, 6.45) is -1.69. The Balaban J connectivity index is 2.15. The normalized spacial score (nSPS) is 32.9. The lowest BCUT2D eigenvalue weighted by atomic mass is 9.96. The van der Waals surface area contributed by atoms with E-state index in [1.807, 2.05) is 0 Å². The third-order valence-electron chi connectivity index (χ3n) is 3.79. The van der Waals surface area contributed by atoms with Gasteiger partial charge in [0.2, 0.25) is 5.95 Å². The fourth-order valence-corrected chi connectivity index (χ4v) is 2.64. The summed E-state index contributed by atoms with van der Waals surface area (Å²) in [7, 11) is 0. The van der Waals surface area contributed by atoms with Crippen molar-refractivity contribution in [1.29, 1.82) is 0 Å². The molecular formula is C12H16N4O5. The highest BCUT2D eigenvalue weighted by Gasteiger charge is 2.53. The summed E-state index contributed by atoms with van der Waals surface area (Å²) in [4.78, 5) is 18.2. The van der Waals surface area contributed by atoms with Gasteiger partial charge in [0.25, 0.3) is 5.56 Å². The molecule has 2 aromatic heterocycles. The molecule has 9 nitrogen and oxygen atoms in total. The Hall–Kier alpha value is -1.94. The first-order valence-electron chi connectivity index (χ1n) is 6.39. The molecule has 0 aromatic carbocycles. The molecule has 0 spiro atoms. The number of nitrogens with two attached hydrogens (primary N) is 1. The third-order valence-corrected chi connectivity index (χ3v) is 3.79. The topological polar surface area (TPSA) is 147 Å². The van der Waals surface area contributed by atoms with E-state index in [-0.39, 0.29) is 17.0 Å². The molecule has 0 saturated carbocycles. The Kier molecular flexibility index (Phi) is 3.02. The van der Waals surface area contributed by atoms with Crippen molar-refractivity contribution in [2.45, 2.75) is 31.0 Å². The summed E-state index contributed by atoms with van der Waals surface area (Å²) >= 11 is 0. The molecule has 3 heterocycles. The fraction of sp³-hybridized carbons (Fsp3) is 0.500. The molecule has 0 aliphatic carbocycles. The second kappa shape index (κ2) is 4.53. The van der Waals surface area contributed by atoms with Gasteiger partial charge in [-0.2, -0.15) is 4.98 Å². The van der Waals surface area contributed by atoms with Gasteiger partial charge in [-0.1, -0.05) is 0 Å². The minimum atomic E-state index is -1.65. The lowest BCUT2D eigenvalue weighted by molar-refractivity contribution is -0.0948. The molecule has 114 valence electrons. The lowest BCUT2D eigenvalue weighted by Crippen LogP contribution is -2.44. The largest absolute Gasteiger partial charge is 0.394 e. The maximum Gasteiger partial charge on any atom is 0.261 e. The van der Waals surface area contributed by atoms with Crippen molar-refractivity contribution < 1.29 is 20.1 Å². The average molecular weight is 296 g/mol. The highest BCUT2D eigenvalue weighted by atomic mass is 16.6. The van der Waals surface area contributed by atoms with Gasteiger partial charge in [0, 0.05) is 6.20 Å². The SMILES string of the molecule is C[C@@]1(O)C(O)[C@@H](CO)O[C@H]1n1ccc2c(=O)[nH]c(N)nc21. The van der Waals surface area contributed by atoms with Gasteiger partial charge in [-0.3, -0.25) is 9.78 Å². The number of anilines is 1. The molecule has 0 radical (unpaired) electrons. The molecule has 0 bridgehead atoms. The van der Waals surface area contributed by atoms with Crippen LogP contribution in [0.2, 0.25) is 0 Å². The van der Waals surface area contributed by atoms with Gasteiger partial charge in [0.15, 0.2) is 11.9 Å². The van der Waals surface area contributed by atoms with Gasteiger partial charge in [-0.05, 0) is 13.0 Å². The van der Waals surface area contributed by atoms with E-state index in [9.17, 15) is 20.1 Å². The number of aromatic amines is 1. The molecule has 1 aliphatic heterocycles. The van der Waals surface area contributed by atoms with E-state index in [0.717, 1.165) is 0 Å². The monoisotopic (exact) mass is 296 g/mol. The molecule has 21 heavy (non-hydrogen) atoms. The summed E-state index contributed by atoms with van der Waals surface area (Å²) in [6.45, 7) is 0.948. The third kappa shape index (κ3) is 1.94. The zero-order valence-electron chi connectivity index (χ0n) is 11.2. The first-order chi connectivity index (χ1) is 9.86. The van der Waals surface area contributed by atoms with E-state index in [4.69, 9.17) is 10.5 Å². The standard InChI is InChI=1S/C12H16N4O5/c1-12(20)7(18)6(4-17)21-10(12)16-3-2-5-8(16)14-11(13)15-9(5)19/h2-3,6-7,10,17-18,20H,4H2,1H3,(H3,13,14,15,19)/t6-,7?,10-,12-/m1/s1. The Morgan fingerprint density at radius 2 is 2.33 bits per heavy atom. The minimum Gasteiger partial charge on any atom is -0.394 e. The Morgan fingerprint density at radius 1 is 1.62 bits per heavy atom. The zero-order chi connectivity index (χ0) is 15.4. The van der Waals surface area contributed by atoms with Gasteiger partial charge in [-0.15, -0.1) is 0 Å². The van der Waals surface area contributed by atoms with Crippen molar-refractivity contribution >= 4 is 17.0 Å². The number of aliphatic hydroxyl groups is 3. The van der Waals surface area contributed by atoms with Crippen LogP contribution in [0.5, 0.6) is 0 Å². The fourth-order valence-electron chi connectivity index (χ4n) is 2.64. The number of rotatable bonds is 2. The molecule has 1 unspecified atom stereocenters. The van der Waals surface area contributed by atoms with Crippen LogP contribution in [0.3, 0.4) is 0 Å². The number of nitrogens with zero attached hydrogens (tertiary/aromatic N) is 2. The van der Waals surface area contributed by atoms with Crippen molar-refractivity contribution in [1.82, 2.24) is 14.5 Å².